The summed E-state index contributed by atoms with van der Waals surface area (Å²) in [6.45, 7) is 3.94. The van der Waals surface area contributed by atoms with Gasteiger partial charge in [0.05, 0.1) is 11.7 Å². The Morgan fingerprint density at radius 1 is 1.05 bits per heavy atom. The fourth-order valence-corrected chi connectivity index (χ4v) is 3.44. The molecule has 1 aromatic rings. The molecule has 0 unspecified atom stereocenters. The van der Waals surface area contributed by atoms with Crippen LogP contribution in [0.2, 0.25) is 0 Å². The quantitative estimate of drug-likeness (QED) is 0.644. The maximum absolute atomic E-state index is 12.6. The third kappa shape index (κ3) is 1.92. The zero-order chi connectivity index (χ0) is 15.1. The molecule has 2 nitrogen and oxygen atoms in total. The van der Waals surface area contributed by atoms with Crippen LogP contribution < -0.4 is 5.43 Å². The summed E-state index contributed by atoms with van der Waals surface area (Å²) in [7, 11) is 0. The number of aryl methyl sites for hydroxylation is 1. The number of hydrogen-bond donors (Lipinski definition) is 0. The Morgan fingerprint density at radius 3 is 2.64 bits per heavy atom. The summed E-state index contributed by atoms with van der Waals surface area (Å²) in [6.07, 6.45) is 4.09. The van der Waals surface area contributed by atoms with E-state index in [1.54, 1.807) is 6.07 Å². The molecule has 4 rings (SSSR count). The molecule has 3 aliphatic rings. The lowest BCUT2D eigenvalue weighted by Crippen LogP contribution is -2.12. The Labute approximate surface area is 129 Å². The highest BCUT2D eigenvalue weighted by molar-refractivity contribution is 5.74. The van der Waals surface area contributed by atoms with Crippen molar-refractivity contribution in [3.63, 3.8) is 0 Å². The molecule has 2 heteroatoms. The molecule has 0 aromatic heterocycles. The lowest BCUT2D eigenvalue weighted by atomic mass is 9.99. The van der Waals surface area contributed by atoms with Gasteiger partial charge in [-0.05, 0) is 36.1 Å². The summed E-state index contributed by atoms with van der Waals surface area (Å²) in [5, 5.41) is 0. The van der Waals surface area contributed by atoms with Crippen LogP contribution in [-0.2, 0) is 6.42 Å². The predicted molar refractivity (Wildman–Crippen MR) is 90.3 cm³/mol. The number of nitrogens with zero attached hydrogens (tertiary/aromatic N) is 1. The minimum absolute atomic E-state index is 0.0781. The zero-order valence-corrected chi connectivity index (χ0v) is 12.3. The Balaban J connectivity index is 1.98. The van der Waals surface area contributed by atoms with Gasteiger partial charge in [-0.25, -0.2) is 0 Å². The molecular weight excluding hydrogens is 270 g/mol. The lowest BCUT2D eigenvalue weighted by Gasteiger charge is -2.19. The minimum atomic E-state index is 0.0781. The van der Waals surface area contributed by atoms with E-state index in [1.165, 1.54) is 5.69 Å². The van der Waals surface area contributed by atoms with Gasteiger partial charge < -0.3 is 4.57 Å². The summed E-state index contributed by atoms with van der Waals surface area (Å²) < 4.78 is 2.26. The number of allylic oxidation sites excluding steroid dienone is 1. The van der Waals surface area contributed by atoms with Gasteiger partial charge in [-0.2, -0.15) is 0 Å². The van der Waals surface area contributed by atoms with E-state index in [2.05, 4.69) is 23.3 Å². The van der Waals surface area contributed by atoms with Gasteiger partial charge in [0, 0.05) is 17.3 Å². The molecule has 2 heterocycles. The first-order chi connectivity index (χ1) is 10.8. The van der Waals surface area contributed by atoms with Crippen molar-refractivity contribution in [3.05, 3.63) is 83.2 Å². The van der Waals surface area contributed by atoms with Crippen molar-refractivity contribution in [2.75, 3.05) is 0 Å². The fourth-order valence-electron chi connectivity index (χ4n) is 3.44. The molecule has 0 N–H and O–H groups in total. The van der Waals surface area contributed by atoms with E-state index in [0.717, 1.165) is 35.2 Å². The molecule has 22 heavy (non-hydrogen) atoms. The molecule has 0 saturated heterocycles. The first-order valence-electron chi connectivity index (χ1n) is 7.64. The molecule has 0 saturated carbocycles. The van der Waals surface area contributed by atoms with E-state index < -0.39 is 0 Å². The third-order valence-electron chi connectivity index (χ3n) is 4.54. The van der Waals surface area contributed by atoms with Crippen LogP contribution in [0.4, 0.5) is 0 Å². The van der Waals surface area contributed by atoms with Crippen LogP contribution in [-0.4, -0.2) is 4.57 Å². The molecule has 108 valence electrons. The monoisotopic (exact) mass is 287 g/mol. The van der Waals surface area contributed by atoms with Gasteiger partial charge in [0.15, 0.2) is 5.43 Å². The van der Waals surface area contributed by atoms with Crippen molar-refractivity contribution >= 4 is 0 Å². The second kappa shape index (κ2) is 4.99. The van der Waals surface area contributed by atoms with Gasteiger partial charge in [-0.15, -0.1) is 6.58 Å². The van der Waals surface area contributed by atoms with E-state index in [9.17, 15) is 4.79 Å². The molecule has 0 fully saturated rings. The van der Waals surface area contributed by atoms with E-state index in [0.29, 0.717) is 6.04 Å². The van der Waals surface area contributed by atoms with Crippen LogP contribution in [0.15, 0.2) is 72.0 Å². The van der Waals surface area contributed by atoms with Gasteiger partial charge in [-0.1, -0.05) is 42.5 Å². The average Bonchev–Trinajstić information content (AvgIpc) is 2.98. The molecule has 1 aliphatic carbocycles. The topological polar surface area (TPSA) is 22.0 Å². The summed E-state index contributed by atoms with van der Waals surface area (Å²) in [4.78, 5) is 12.6. The van der Waals surface area contributed by atoms with Crippen LogP contribution in [0.3, 0.4) is 0 Å². The van der Waals surface area contributed by atoms with Crippen molar-refractivity contribution in [1.82, 2.24) is 4.57 Å². The average molecular weight is 287 g/mol. The number of hydrogen-bond acceptors (Lipinski definition) is 1. The Morgan fingerprint density at radius 2 is 1.86 bits per heavy atom. The predicted octanol–water partition coefficient (Wildman–Crippen LogP) is 4.29. The molecule has 1 aromatic carbocycles. The highest BCUT2D eigenvalue weighted by atomic mass is 16.1. The highest BCUT2D eigenvalue weighted by Gasteiger charge is 2.23. The molecular formula is C20H17NO. The van der Waals surface area contributed by atoms with Crippen LogP contribution in [0.1, 0.15) is 18.2 Å². The van der Waals surface area contributed by atoms with Crippen molar-refractivity contribution in [2.45, 2.75) is 18.9 Å². The van der Waals surface area contributed by atoms with Crippen molar-refractivity contribution in [3.8, 4) is 22.4 Å². The number of rotatable bonds is 2. The number of aromatic nitrogens is 1. The van der Waals surface area contributed by atoms with Crippen molar-refractivity contribution in [2.24, 2.45) is 0 Å². The maximum atomic E-state index is 12.6. The lowest BCUT2D eigenvalue weighted by molar-refractivity contribution is 0.646. The summed E-state index contributed by atoms with van der Waals surface area (Å²) in [5.74, 6) is 0. The molecule has 0 spiro atoms. The van der Waals surface area contributed by atoms with Crippen LogP contribution in [0.5, 0.6) is 0 Å². The second-order valence-corrected chi connectivity index (χ2v) is 5.81. The molecule has 0 radical (unpaired) electrons. The molecule has 1 atom stereocenters. The normalized spacial score (nSPS) is 16.6. The van der Waals surface area contributed by atoms with Crippen molar-refractivity contribution < 1.29 is 0 Å². The fraction of sp³-hybridized carbons (Fsp3) is 0.150. The largest absolute Gasteiger partial charge is 0.338 e. The Bertz CT molecular complexity index is 876. The smallest absolute Gasteiger partial charge is 0.188 e. The first kappa shape index (κ1) is 13.1. The maximum Gasteiger partial charge on any atom is 0.188 e. The third-order valence-corrected chi connectivity index (χ3v) is 4.54. The number of benzene rings is 2. The summed E-state index contributed by atoms with van der Waals surface area (Å²) in [6, 6.07) is 18.2. The summed E-state index contributed by atoms with van der Waals surface area (Å²) >= 11 is 0. The van der Waals surface area contributed by atoms with Gasteiger partial charge >= 0.3 is 0 Å². The minimum Gasteiger partial charge on any atom is -0.338 e. The standard InChI is InChI=1S/C20H17NO/c1-2-16-10-11-17-9-8-15-12-18(14-6-4-3-5-7-14)20(22)13-19(15)21(16)17/h2-9,12-13,16H,1,10-11H2/t16-/m1/s1. The van der Waals surface area contributed by atoms with Crippen LogP contribution in [0, 0.1) is 0 Å². The molecule has 0 amide bonds. The SMILES string of the molecule is C=C[C@@H]1CCc2ccc3cc(-c4ccccc4)c(=O)cc-3n21. The van der Waals surface area contributed by atoms with Crippen LogP contribution in [0.25, 0.3) is 22.4 Å². The first-order valence-corrected chi connectivity index (χ1v) is 7.64. The number of pyridine rings is 1. The Kier molecular flexibility index (Phi) is 2.97. The summed E-state index contributed by atoms with van der Waals surface area (Å²) in [5.41, 5.74) is 5.22. The van der Waals surface area contributed by atoms with E-state index >= 15 is 0 Å². The van der Waals surface area contributed by atoms with E-state index in [-0.39, 0.29) is 5.43 Å². The van der Waals surface area contributed by atoms with E-state index in [1.807, 2.05) is 42.5 Å². The van der Waals surface area contributed by atoms with Gasteiger partial charge in [-0.3, -0.25) is 4.79 Å². The van der Waals surface area contributed by atoms with Gasteiger partial charge in [0.1, 0.15) is 0 Å². The second-order valence-electron chi connectivity index (χ2n) is 5.81. The van der Waals surface area contributed by atoms with Crippen LogP contribution >= 0.6 is 0 Å². The zero-order valence-electron chi connectivity index (χ0n) is 12.3. The Hall–Kier alpha value is -2.61. The molecule has 0 bridgehead atoms. The highest BCUT2D eigenvalue weighted by Crippen LogP contribution is 2.35. The van der Waals surface area contributed by atoms with Gasteiger partial charge in [0.2, 0.25) is 0 Å². The number of fused-ring (bicyclic) bond motifs is 3. The van der Waals surface area contributed by atoms with E-state index in [4.69, 9.17) is 0 Å². The van der Waals surface area contributed by atoms with Crippen molar-refractivity contribution in [1.29, 1.82) is 0 Å². The van der Waals surface area contributed by atoms with Gasteiger partial charge in [0.25, 0.3) is 0 Å². The molecule has 2 aliphatic heterocycles.